The van der Waals surface area contributed by atoms with E-state index in [9.17, 15) is 14.4 Å². The second kappa shape index (κ2) is 6.28. The lowest BCUT2D eigenvalue weighted by Crippen LogP contribution is -2.41. The van der Waals surface area contributed by atoms with Crippen LogP contribution in [0.3, 0.4) is 0 Å². The number of nitrogens with one attached hydrogen (secondary N) is 1. The topological polar surface area (TPSA) is 95.9 Å². The predicted molar refractivity (Wildman–Crippen MR) is 82.2 cm³/mol. The molecule has 7 heteroatoms. The molecule has 1 fully saturated rings. The van der Waals surface area contributed by atoms with Crippen molar-refractivity contribution in [3.05, 3.63) is 29.3 Å². The third-order valence-corrected chi connectivity index (χ3v) is 4.02. The smallest absolute Gasteiger partial charge is 0.325 e. The SMILES string of the molecule is COc1ccc(C2(C)NC(=O)N(CCCC(=O)O)C2=O)cc1C. The molecule has 0 saturated carbocycles. The quantitative estimate of drug-likeness (QED) is 0.777. The number of ether oxygens (including phenoxy) is 1. The zero-order chi connectivity index (χ0) is 17.2. The van der Waals surface area contributed by atoms with Gasteiger partial charge in [0, 0.05) is 13.0 Å². The Morgan fingerprint density at radius 2 is 2.09 bits per heavy atom. The van der Waals surface area contributed by atoms with Gasteiger partial charge < -0.3 is 15.2 Å². The van der Waals surface area contributed by atoms with Crippen molar-refractivity contribution in [1.29, 1.82) is 0 Å². The molecular formula is C16H20N2O5. The molecule has 2 N–H and O–H groups in total. The number of benzene rings is 1. The molecule has 124 valence electrons. The summed E-state index contributed by atoms with van der Waals surface area (Å²) in [7, 11) is 1.57. The first kappa shape index (κ1) is 16.8. The van der Waals surface area contributed by atoms with Crippen LogP contribution in [0, 0.1) is 6.92 Å². The van der Waals surface area contributed by atoms with Gasteiger partial charge in [-0.2, -0.15) is 0 Å². The molecule has 1 aliphatic heterocycles. The second-order valence-electron chi connectivity index (χ2n) is 5.69. The number of aliphatic carboxylic acids is 1. The van der Waals surface area contributed by atoms with Crippen LogP contribution in [0.1, 0.15) is 30.9 Å². The number of methoxy groups -OCH3 is 1. The number of carboxylic acids is 1. The number of amides is 3. The summed E-state index contributed by atoms with van der Waals surface area (Å²) in [6, 6.07) is 4.79. The Morgan fingerprint density at radius 3 is 2.65 bits per heavy atom. The number of urea groups is 1. The number of imide groups is 1. The van der Waals surface area contributed by atoms with Gasteiger partial charge in [0.2, 0.25) is 0 Å². The molecule has 1 saturated heterocycles. The molecule has 0 aromatic heterocycles. The number of rotatable bonds is 6. The van der Waals surface area contributed by atoms with Crippen molar-refractivity contribution in [1.82, 2.24) is 10.2 Å². The maximum atomic E-state index is 12.6. The molecule has 1 heterocycles. The lowest BCUT2D eigenvalue weighted by molar-refractivity contribution is -0.138. The third-order valence-electron chi connectivity index (χ3n) is 4.02. The van der Waals surface area contributed by atoms with Gasteiger partial charge in [-0.25, -0.2) is 4.79 Å². The molecule has 1 unspecified atom stereocenters. The fourth-order valence-corrected chi connectivity index (χ4v) is 2.67. The molecule has 2 rings (SSSR count). The molecule has 0 spiro atoms. The highest BCUT2D eigenvalue weighted by Crippen LogP contribution is 2.31. The first-order valence-electron chi connectivity index (χ1n) is 7.30. The standard InChI is InChI=1S/C16H20N2O5/c1-10-9-11(6-7-12(10)23-3)16(2)14(21)18(15(22)17-16)8-4-5-13(19)20/h6-7,9H,4-5,8H2,1-3H3,(H,17,22)(H,19,20). The largest absolute Gasteiger partial charge is 0.496 e. The summed E-state index contributed by atoms with van der Waals surface area (Å²) in [5.74, 6) is -0.629. The van der Waals surface area contributed by atoms with Crippen molar-refractivity contribution >= 4 is 17.9 Å². The Morgan fingerprint density at radius 1 is 1.39 bits per heavy atom. The van der Waals surface area contributed by atoms with Crippen LogP contribution in [0.15, 0.2) is 18.2 Å². The fourth-order valence-electron chi connectivity index (χ4n) is 2.67. The van der Waals surface area contributed by atoms with Gasteiger partial charge in [0.15, 0.2) is 0 Å². The van der Waals surface area contributed by atoms with E-state index in [1.807, 2.05) is 6.92 Å². The number of hydrogen-bond acceptors (Lipinski definition) is 4. The number of aryl methyl sites for hydroxylation is 1. The number of nitrogens with zero attached hydrogens (tertiary/aromatic N) is 1. The van der Waals surface area contributed by atoms with E-state index < -0.39 is 17.5 Å². The summed E-state index contributed by atoms with van der Waals surface area (Å²) in [5.41, 5.74) is 0.365. The average Bonchev–Trinajstić information content (AvgIpc) is 2.71. The predicted octanol–water partition coefficient (Wildman–Crippen LogP) is 1.64. The second-order valence-corrected chi connectivity index (χ2v) is 5.69. The molecule has 3 amide bonds. The minimum Gasteiger partial charge on any atom is -0.496 e. The van der Waals surface area contributed by atoms with Crippen LogP contribution in [0.5, 0.6) is 5.75 Å². The van der Waals surface area contributed by atoms with E-state index in [2.05, 4.69) is 5.32 Å². The van der Waals surface area contributed by atoms with Crippen LogP contribution in [0.2, 0.25) is 0 Å². The number of hydrogen-bond donors (Lipinski definition) is 2. The molecule has 7 nitrogen and oxygen atoms in total. The highest BCUT2D eigenvalue weighted by Gasteiger charge is 2.48. The van der Waals surface area contributed by atoms with Crippen LogP contribution in [0.4, 0.5) is 4.79 Å². The summed E-state index contributed by atoms with van der Waals surface area (Å²) >= 11 is 0. The Bertz CT molecular complexity index is 658. The Balaban J connectivity index is 2.22. The van der Waals surface area contributed by atoms with Gasteiger partial charge in [0.1, 0.15) is 11.3 Å². The minimum absolute atomic E-state index is 0.0850. The van der Waals surface area contributed by atoms with Crippen LogP contribution in [0.25, 0.3) is 0 Å². The zero-order valence-corrected chi connectivity index (χ0v) is 13.4. The summed E-state index contributed by atoms with van der Waals surface area (Å²) in [4.78, 5) is 36.4. The summed E-state index contributed by atoms with van der Waals surface area (Å²) in [6.07, 6.45) is 0.141. The van der Waals surface area contributed by atoms with Crippen LogP contribution >= 0.6 is 0 Å². The molecule has 1 aliphatic rings. The Hall–Kier alpha value is -2.57. The summed E-state index contributed by atoms with van der Waals surface area (Å²) < 4.78 is 5.20. The van der Waals surface area contributed by atoms with Gasteiger partial charge in [-0.1, -0.05) is 6.07 Å². The lowest BCUT2D eigenvalue weighted by atomic mass is 9.90. The highest BCUT2D eigenvalue weighted by atomic mass is 16.5. The van der Waals surface area contributed by atoms with E-state index in [-0.39, 0.29) is 25.3 Å². The van der Waals surface area contributed by atoms with Gasteiger partial charge >= 0.3 is 12.0 Å². The van der Waals surface area contributed by atoms with Crippen molar-refractivity contribution < 1.29 is 24.2 Å². The molecule has 1 aromatic rings. The lowest BCUT2D eigenvalue weighted by Gasteiger charge is -2.23. The highest BCUT2D eigenvalue weighted by molar-refractivity contribution is 6.07. The van der Waals surface area contributed by atoms with Crippen LogP contribution < -0.4 is 10.1 Å². The van der Waals surface area contributed by atoms with Crippen LogP contribution in [-0.4, -0.2) is 41.6 Å². The Labute approximate surface area is 134 Å². The van der Waals surface area contributed by atoms with Crippen molar-refractivity contribution in [3.63, 3.8) is 0 Å². The maximum Gasteiger partial charge on any atom is 0.325 e. The van der Waals surface area contributed by atoms with E-state index in [4.69, 9.17) is 9.84 Å². The minimum atomic E-state index is -1.16. The van der Waals surface area contributed by atoms with Gasteiger partial charge in [-0.05, 0) is 43.5 Å². The number of carboxylic acid groups (broad SMARTS) is 1. The van der Waals surface area contributed by atoms with Gasteiger partial charge in [0.25, 0.3) is 5.91 Å². The first-order valence-corrected chi connectivity index (χ1v) is 7.30. The van der Waals surface area contributed by atoms with Gasteiger partial charge in [0.05, 0.1) is 7.11 Å². The van der Waals surface area contributed by atoms with Crippen molar-refractivity contribution in [2.45, 2.75) is 32.2 Å². The number of carbonyl (C=O) groups excluding carboxylic acids is 2. The van der Waals surface area contributed by atoms with E-state index in [0.29, 0.717) is 11.3 Å². The van der Waals surface area contributed by atoms with E-state index in [1.54, 1.807) is 32.2 Å². The Kier molecular flexibility index (Phi) is 4.58. The monoisotopic (exact) mass is 320 g/mol. The fraction of sp³-hybridized carbons (Fsp3) is 0.438. The van der Waals surface area contributed by atoms with E-state index >= 15 is 0 Å². The molecule has 23 heavy (non-hydrogen) atoms. The van der Waals surface area contributed by atoms with Crippen LogP contribution in [-0.2, 0) is 15.1 Å². The summed E-state index contributed by atoms with van der Waals surface area (Å²) in [5, 5.41) is 11.4. The third kappa shape index (κ3) is 3.13. The first-order chi connectivity index (χ1) is 10.8. The van der Waals surface area contributed by atoms with Crippen molar-refractivity contribution in [2.24, 2.45) is 0 Å². The van der Waals surface area contributed by atoms with Crippen molar-refractivity contribution in [2.75, 3.05) is 13.7 Å². The zero-order valence-electron chi connectivity index (χ0n) is 13.4. The van der Waals surface area contributed by atoms with E-state index in [0.717, 1.165) is 10.5 Å². The maximum absolute atomic E-state index is 12.6. The van der Waals surface area contributed by atoms with Crippen molar-refractivity contribution in [3.8, 4) is 5.75 Å². The molecule has 1 aromatic carbocycles. The number of carbonyl (C=O) groups is 3. The summed E-state index contributed by atoms with van der Waals surface area (Å²) in [6.45, 7) is 3.59. The van der Waals surface area contributed by atoms with E-state index in [1.165, 1.54) is 0 Å². The molecule has 0 aliphatic carbocycles. The molecule has 0 bridgehead atoms. The molecule has 0 radical (unpaired) electrons. The normalized spacial score (nSPS) is 20.6. The van der Waals surface area contributed by atoms with Gasteiger partial charge in [-0.15, -0.1) is 0 Å². The molecular weight excluding hydrogens is 300 g/mol. The molecule has 1 atom stereocenters. The average molecular weight is 320 g/mol. The van der Waals surface area contributed by atoms with Gasteiger partial charge in [-0.3, -0.25) is 14.5 Å².